The van der Waals surface area contributed by atoms with Gasteiger partial charge in [0.25, 0.3) is 0 Å². The van der Waals surface area contributed by atoms with Crippen LogP contribution in [-0.2, 0) is 12.8 Å². The van der Waals surface area contributed by atoms with Crippen LogP contribution in [0.4, 0.5) is 0 Å². The quantitative estimate of drug-likeness (QED) is 0.565. The molecule has 21 heavy (non-hydrogen) atoms. The van der Waals surface area contributed by atoms with Crippen LogP contribution in [0.25, 0.3) is 0 Å². The highest BCUT2D eigenvalue weighted by Crippen LogP contribution is 2.24. The lowest BCUT2D eigenvalue weighted by atomic mass is 9.89. The monoisotopic (exact) mass is 364 g/mol. The number of alkyl halides is 1. The molecule has 0 bridgehead atoms. The molecule has 0 N–H and O–H groups in total. The molecule has 2 aromatic carbocycles. The molecule has 2 heteroatoms. The van der Waals surface area contributed by atoms with Gasteiger partial charge in [-0.15, -0.1) is 0 Å². The molecule has 0 heterocycles. The summed E-state index contributed by atoms with van der Waals surface area (Å²) in [6.07, 6.45) is 2.16. The zero-order valence-corrected chi connectivity index (χ0v) is 15.3. The Bertz CT molecular complexity index is 596. The Morgan fingerprint density at radius 1 is 1.00 bits per heavy atom. The van der Waals surface area contributed by atoms with Crippen molar-refractivity contribution in [2.45, 2.75) is 33.6 Å². The summed E-state index contributed by atoms with van der Waals surface area (Å²) in [4.78, 5) is 0. The third kappa shape index (κ3) is 4.59. The summed E-state index contributed by atoms with van der Waals surface area (Å²) in [7, 11) is 0. The first kappa shape index (κ1) is 16.6. The van der Waals surface area contributed by atoms with Gasteiger partial charge in [-0.2, -0.15) is 0 Å². The molecule has 0 spiro atoms. The Balaban J connectivity index is 2.16. The van der Waals surface area contributed by atoms with Crippen LogP contribution in [-0.4, -0.2) is 5.33 Å². The maximum absolute atomic E-state index is 6.09. The number of benzene rings is 2. The summed E-state index contributed by atoms with van der Waals surface area (Å²) >= 11 is 9.77. The van der Waals surface area contributed by atoms with Crippen LogP contribution in [0.3, 0.4) is 0 Å². The minimum atomic E-state index is 0.587. The summed E-state index contributed by atoms with van der Waals surface area (Å²) in [5.74, 6) is 0.587. The van der Waals surface area contributed by atoms with Gasteiger partial charge in [0.15, 0.2) is 0 Å². The molecule has 1 atom stereocenters. The Labute approximate surface area is 141 Å². The maximum atomic E-state index is 6.09. The van der Waals surface area contributed by atoms with Gasteiger partial charge in [0.1, 0.15) is 0 Å². The molecule has 0 amide bonds. The van der Waals surface area contributed by atoms with Crippen LogP contribution in [0.5, 0.6) is 0 Å². The van der Waals surface area contributed by atoms with Crippen molar-refractivity contribution >= 4 is 27.5 Å². The summed E-state index contributed by atoms with van der Waals surface area (Å²) in [5.41, 5.74) is 6.97. The Hall–Kier alpha value is -0.790. The first-order valence-electron chi connectivity index (χ1n) is 7.36. The van der Waals surface area contributed by atoms with E-state index in [-0.39, 0.29) is 0 Å². The van der Waals surface area contributed by atoms with Crippen LogP contribution in [0.15, 0.2) is 36.4 Å². The highest BCUT2D eigenvalue weighted by molar-refractivity contribution is 9.09. The number of hydrogen-bond acceptors (Lipinski definition) is 0. The van der Waals surface area contributed by atoms with Crippen LogP contribution in [0, 0.1) is 26.7 Å². The molecule has 0 aliphatic heterocycles. The van der Waals surface area contributed by atoms with E-state index in [0.717, 1.165) is 23.2 Å². The van der Waals surface area contributed by atoms with E-state index >= 15 is 0 Å². The van der Waals surface area contributed by atoms with Crippen molar-refractivity contribution in [1.82, 2.24) is 0 Å². The molecule has 0 aromatic heterocycles. The normalized spacial score (nSPS) is 12.4. The predicted molar refractivity (Wildman–Crippen MR) is 96.8 cm³/mol. The smallest absolute Gasteiger partial charge is 0.0408 e. The van der Waals surface area contributed by atoms with Crippen molar-refractivity contribution in [1.29, 1.82) is 0 Å². The number of halogens is 2. The van der Waals surface area contributed by atoms with Crippen molar-refractivity contribution < 1.29 is 0 Å². The standard InChI is InChI=1S/C19H22BrCl/c1-13-7-14(2)19(15(3)8-13)11-17(12-20)9-16-5-4-6-18(21)10-16/h4-8,10,17H,9,11-12H2,1-3H3. The van der Waals surface area contributed by atoms with Crippen molar-refractivity contribution in [3.05, 3.63) is 69.2 Å². The molecule has 0 fully saturated rings. The fourth-order valence-corrected chi connectivity index (χ4v) is 3.67. The maximum Gasteiger partial charge on any atom is 0.0408 e. The largest absolute Gasteiger partial charge is 0.0925 e. The fraction of sp³-hybridized carbons (Fsp3) is 0.368. The van der Waals surface area contributed by atoms with Crippen molar-refractivity contribution in [2.24, 2.45) is 5.92 Å². The number of aryl methyl sites for hydroxylation is 3. The minimum absolute atomic E-state index is 0.587. The van der Waals surface area contributed by atoms with Crippen LogP contribution in [0.1, 0.15) is 27.8 Å². The van der Waals surface area contributed by atoms with E-state index in [4.69, 9.17) is 11.6 Å². The lowest BCUT2D eigenvalue weighted by Crippen LogP contribution is -2.12. The Kier molecular flexibility index (Phi) is 5.89. The van der Waals surface area contributed by atoms with Crippen molar-refractivity contribution in [3.8, 4) is 0 Å². The van der Waals surface area contributed by atoms with Gasteiger partial charge in [0.05, 0.1) is 0 Å². The number of rotatable bonds is 5. The first-order chi connectivity index (χ1) is 9.99. The van der Waals surface area contributed by atoms with Crippen LogP contribution < -0.4 is 0 Å². The van der Waals surface area contributed by atoms with E-state index in [1.807, 2.05) is 12.1 Å². The Morgan fingerprint density at radius 2 is 1.67 bits per heavy atom. The molecule has 0 saturated carbocycles. The lowest BCUT2D eigenvalue weighted by Gasteiger charge is -2.18. The first-order valence-corrected chi connectivity index (χ1v) is 8.86. The summed E-state index contributed by atoms with van der Waals surface area (Å²) in [5, 5.41) is 1.83. The van der Waals surface area contributed by atoms with E-state index in [0.29, 0.717) is 5.92 Å². The van der Waals surface area contributed by atoms with E-state index in [1.165, 1.54) is 27.8 Å². The molecule has 0 aliphatic carbocycles. The molecule has 0 radical (unpaired) electrons. The average molecular weight is 366 g/mol. The second-order valence-corrected chi connectivity index (χ2v) is 7.02. The van der Waals surface area contributed by atoms with Gasteiger partial charge in [-0.05, 0) is 73.9 Å². The predicted octanol–water partition coefficient (Wildman–Crippen LogP) is 6.06. The van der Waals surface area contributed by atoms with Gasteiger partial charge in [-0.1, -0.05) is 57.4 Å². The second-order valence-electron chi connectivity index (χ2n) is 5.94. The molecule has 0 saturated heterocycles. The van der Waals surface area contributed by atoms with Gasteiger partial charge in [-0.25, -0.2) is 0 Å². The fourth-order valence-electron chi connectivity index (χ4n) is 3.00. The summed E-state index contributed by atoms with van der Waals surface area (Å²) in [6.45, 7) is 6.61. The summed E-state index contributed by atoms with van der Waals surface area (Å²) < 4.78 is 0. The zero-order valence-electron chi connectivity index (χ0n) is 12.9. The molecule has 112 valence electrons. The van der Waals surface area contributed by atoms with E-state index in [2.05, 4.69) is 61.0 Å². The van der Waals surface area contributed by atoms with Crippen LogP contribution in [0.2, 0.25) is 5.02 Å². The summed E-state index contributed by atoms with van der Waals surface area (Å²) in [6, 6.07) is 12.8. The zero-order chi connectivity index (χ0) is 15.4. The van der Waals surface area contributed by atoms with Crippen LogP contribution >= 0.6 is 27.5 Å². The second kappa shape index (κ2) is 7.47. The third-order valence-electron chi connectivity index (χ3n) is 3.96. The molecular weight excluding hydrogens is 344 g/mol. The minimum Gasteiger partial charge on any atom is -0.0925 e. The van der Waals surface area contributed by atoms with Crippen molar-refractivity contribution in [3.63, 3.8) is 0 Å². The van der Waals surface area contributed by atoms with E-state index in [1.54, 1.807) is 0 Å². The highest BCUT2D eigenvalue weighted by Gasteiger charge is 2.13. The highest BCUT2D eigenvalue weighted by atomic mass is 79.9. The van der Waals surface area contributed by atoms with Gasteiger partial charge in [-0.3, -0.25) is 0 Å². The SMILES string of the molecule is Cc1cc(C)c(CC(CBr)Cc2cccc(Cl)c2)c(C)c1. The average Bonchev–Trinajstić information content (AvgIpc) is 2.41. The molecule has 1 unspecified atom stereocenters. The molecule has 2 aromatic rings. The number of hydrogen-bond donors (Lipinski definition) is 0. The van der Waals surface area contributed by atoms with Gasteiger partial charge < -0.3 is 0 Å². The molecular formula is C19H22BrCl. The van der Waals surface area contributed by atoms with Gasteiger partial charge in [0.2, 0.25) is 0 Å². The van der Waals surface area contributed by atoms with Crippen molar-refractivity contribution in [2.75, 3.05) is 5.33 Å². The lowest BCUT2D eigenvalue weighted by molar-refractivity contribution is 0.588. The topological polar surface area (TPSA) is 0 Å². The van der Waals surface area contributed by atoms with Gasteiger partial charge in [0, 0.05) is 10.4 Å². The Morgan fingerprint density at radius 3 is 2.24 bits per heavy atom. The third-order valence-corrected chi connectivity index (χ3v) is 5.12. The van der Waals surface area contributed by atoms with E-state index < -0.39 is 0 Å². The molecule has 2 rings (SSSR count). The molecule has 0 aliphatic rings. The van der Waals surface area contributed by atoms with Gasteiger partial charge >= 0.3 is 0 Å². The molecule has 0 nitrogen and oxygen atoms in total. The van der Waals surface area contributed by atoms with E-state index in [9.17, 15) is 0 Å².